The minimum atomic E-state index is -1.48. The molecular weight excluding hydrogens is 484 g/mol. The van der Waals surface area contributed by atoms with Crippen molar-refractivity contribution in [3.63, 3.8) is 0 Å². The summed E-state index contributed by atoms with van der Waals surface area (Å²) in [5.74, 6) is -2.37. The van der Waals surface area contributed by atoms with Gasteiger partial charge in [0.15, 0.2) is 10.8 Å². The van der Waals surface area contributed by atoms with Gasteiger partial charge in [0.2, 0.25) is 11.5 Å². The zero-order chi connectivity index (χ0) is 25.3. The number of carbonyl (C=O) groups excluding carboxylic acids is 3. The quantitative estimate of drug-likeness (QED) is 0.0999. The summed E-state index contributed by atoms with van der Waals surface area (Å²) in [5, 5.41) is 27.0. The van der Waals surface area contributed by atoms with Gasteiger partial charge in [0.1, 0.15) is 17.8 Å². The number of likely N-dealkylation sites (N-methyl/N-ethyl adjacent to an activating group) is 1. The number of thiazole rings is 1. The molecule has 0 radical (unpaired) electrons. The number of ether oxygens (including phenoxy) is 1. The van der Waals surface area contributed by atoms with Crippen LogP contribution < -0.4 is 16.4 Å². The van der Waals surface area contributed by atoms with E-state index < -0.39 is 41.8 Å². The molecule has 1 aliphatic carbocycles. The third kappa shape index (κ3) is 4.82. The summed E-state index contributed by atoms with van der Waals surface area (Å²) in [6.45, 7) is 0.649. The van der Waals surface area contributed by atoms with E-state index >= 15 is 0 Å². The predicted molar refractivity (Wildman–Crippen MR) is 121 cm³/mol. The standard InChI is InChI=1S/C19H24N8O7S/c1-26-11(6-27-5-9(4-22-8-20)33-18(27)32)13(15(26)29)24-14(28)12(10-7-35-17(21)23-10)25-34-19(2-3-19)16(30)31/h7-9,11,13H,2-6H2,1H3,(H2,20,22)(H2,21,23)(H,24,28)(H,30,31)/b25-12-/t9?,11-,13+/m1/s1. The SMILES string of the molecule is CN1C(=O)[C@@H](NC(=O)/C(=N\OC2(C(=O)O)CC2)c2csc(N)n2)[C@H]1CN1CC(CNC=N)OC1=O. The average molecular weight is 509 g/mol. The van der Waals surface area contributed by atoms with Crippen LogP contribution in [0.25, 0.3) is 0 Å². The minimum absolute atomic E-state index is 0.0764. The van der Waals surface area contributed by atoms with Crippen molar-refractivity contribution in [3.8, 4) is 0 Å². The first-order valence-corrected chi connectivity index (χ1v) is 11.5. The third-order valence-corrected chi connectivity index (χ3v) is 6.65. The maximum atomic E-state index is 13.1. The van der Waals surface area contributed by atoms with E-state index in [2.05, 4.69) is 20.8 Å². The molecule has 15 nitrogen and oxygen atoms in total. The molecule has 16 heteroatoms. The van der Waals surface area contributed by atoms with Gasteiger partial charge in [0.05, 0.1) is 25.5 Å². The molecule has 1 aromatic heterocycles. The van der Waals surface area contributed by atoms with Crippen LogP contribution in [-0.4, -0.2) is 106 Å². The van der Waals surface area contributed by atoms with Crippen molar-refractivity contribution in [2.75, 3.05) is 32.4 Å². The number of carboxylic acids is 1. The van der Waals surface area contributed by atoms with Gasteiger partial charge in [0, 0.05) is 31.8 Å². The minimum Gasteiger partial charge on any atom is -0.478 e. The number of amides is 3. The first-order chi connectivity index (χ1) is 16.6. The molecule has 0 bridgehead atoms. The third-order valence-electron chi connectivity index (χ3n) is 5.97. The summed E-state index contributed by atoms with van der Waals surface area (Å²) in [4.78, 5) is 61.2. The Kier molecular flexibility index (Phi) is 6.47. The molecule has 3 atom stereocenters. The van der Waals surface area contributed by atoms with Crippen LogP contribution in [0.1, 0.15) is 18.5 Å². The van der Waals surface area contributed by atoms with Crippen molar-refractivity contribution in [2.45, 2.75) is 36.6 Å². The number of aromatic nitrogens is 1. The molecule has 1 saturated carbocycles. The van der Waals surface area contributed by atoms with Gasteiger partial charge in [-0.05, 0) is 0 Å². The van der Waals surface area contributed by atoms with Crippen LogP contribution in [-0.2, 0) is 24.0 Å². The van der Waals surface area contributed by atoms with E-state index in [-0.39, 0.29) is 54.9 Å². The molecule has 6 N–H and O–H groups in total. The number of likely N-dealkylation sites (tertiary alicyclic amines) is 1. The zero-order valence-corrected chi connectivity index (χ0v) is 19.4. The average Bonchev–Trinajstić information content (AvgIpc) is 3.38. The van der Waals surface area contributed by atoms with E-state index in [0.29, 0.717) is 0 Å². The number of nitrogens with one attached hydrogen (secondary N) is 3. The molecule has 3 fully saturated rings. The lowest BCUT2D eigenvalue weighted by molar-refractivity contribution is -0.153. The number of nitrogens with zero attached hydrogens (tertiary/aromatic N) is 4. The van der Waals surface area contributed by atoms with Crippen LogP contribution in [0.15, 0.2) is 10.5 Å². The number of rotatable bonds is 11. The first kappa shape index (κ1) is 24.2. The summed E-state index contributed by atoms with van der Waals surface area (Å²) >= 11 is 1.05. The topological polar surface area (TPSA) is 213 Å². The lowest BCUT2D eigenvalue weighted by Crippen LogP contribution is -2.72. The van der Waals surface area contributed by atoms with Gasteiger partial charge < -0.3 is 40.8 Å². The molecule has 0 aromatic carbocycles. The predicted octanol–water partition coefficient (Wildman–Crippen LogP) is -1.59. The van der Waals surface area contributed by atoms with Crippen molar-refractivity contribution < 1.29 is 33.9 Å². The molecule has 4 rings (SSSR count). The molecule has 3 amide bonds. The molecule has 0 spiro atoms. The fourth-order valence-corrected chi connectivity index (χ4v) is 4.27. The first-order valence-electron chi connectivity index (χ1n) is 10.6. The van der Waals surface area contributed by atoms with Crippen LogP contribution in [0.3, 0.4) is 0 Å². The van der Waals surface area contributed by atoms with Crippen LogP contribution >= 0.6 is 11.3 Å². The molecular formula is C19H24N8O7S. The smallest absolute Gasteiger partial charge is 0.410 e. The number of carbonyl (C=O) groups is 4. The molecule has 3 aliphatic rings. The number of nitrogen functional groups attached to an aromatic ring is 1. The molecule has 1 aromatic rings. The monoisotopic (exact) mass is 508 g/mol. The van der Waals surface area contributed by atoms with E-state index in [4.69, 9.17) is 20.7 Å². The number of aliphatic carboxylic acids is 1. The molecule has 2 aliphatic heterocycles. The van der Waals surface area contributed by atoms with E-state index in [1.807, 2.05) is 0 Å². The summed E-state index contributed by atoms with van der Waals surface area (Å²) < 4.78 is 5.24. The highest BCUT2D eigenvalue weighted by Gasteiger charge is 2.55. The number of oxime groups is 1. The van der Waals surface area contributed by atoms with Gasteiger partial charge >= 0.3 is 12.1 Å². The maximum Gasteiger partial charge on any atom is 0.410 e. The Morgan fingerprint density at radius 1 is 1.49 bits per heavy atom. The van der Waals surface area contributed by atoms with Crippen LogP contribution in [0.2, 0.25) is 0 Å². The van der Waals surface area contributed by atoms with Crippen molar-refractivity contribution in [1.29, 1.82) is 5.41 Å². The summed E-state index contributed by atoms with van der Waals surface area (Å²) in [6, 6.07) is -1.50. The molecule has 35 heavy (non-hydrogen) atoms. The van der Waals surface area contributed by atoms with E-state index in [0.717, 1.165) is 17.7 Å². The van der Waals surface area contributed by atoms with E-state index in [9.17, 15) is 24.3 Å². The van der Waals surface area contributed by atoms with Crippen LogP contribution in [0, 0.1) is 5.41 Å². The van der Waals surface area contributed by atoms with Crippen LogP contribution in [0.5, 0.6) is 0 Å². The number of carboxylic acid groups (broad SMARTS) is 1. The number of hydrogen-bond acceptors (Lipinski definition) is 11. The summed E-state index contributed by atoms with van der Waals surface area (Å²) in [5.41, 5.74) is 3.94. The summed E-state index contributed by atoms with van der Waals surface area (Å²) in [6.07, 6.45) is 0.484. The highest BCUT2D eigenvalue weighted by atomic mass is 32.1. The Morgan fingerprint density at radius 2 is 2.23 bits per heavy atom. The van der Waals surface area contributed by atoms with Gasteiger partial charge in [-0.15, -0.1) is 11.3 Å². The van der Waals surface area contributed by atoms with Crippen molar-refractivity contribution in [1.82, 2.24) is 25.4 Å². The Morgan fingerprint density at radius 3 is 2.83 bits per heavy atom. The van der Waals surface area contributed by atoms with Crippen LogP contribution in [0.4, 0.5) is 9.93 Å². The van der Waals surface area contributed by atoms with Crippen molar-refractivity contribution >= 4 is 52.4 Å². The summed E-state index contributed by atoms with van der Waals surface area (Å²) in [7, 11) is 1.55. The van der Waals surface area contributed by atoms with Crippen molar-refractivity contribution in [3.05, 3.63) is 11.1 Å². The lowest BCUT2D eigenvalue weighted by Gasteiger charge is -2.46. The Hall–Kier alpha value is -3.95. The van der Waals surface area contributed by atoms with Crippen molar-refractivity contribution in [2.24, 2.45) is 5.16 Å². The van der Waals surface area contributed by atoms with E-state index in [1.54, 1.807) is 7.05 Å². The van der Waals surface area contributed by atoms with E-state index in [1.165, 1.54) is 15.2 Å². The Balaban J connectivity index is 1.45. The second kappa shape index (κ2) is 9.36. The largest absolute Gasteiger partial charge is 0.478 e. The highest BCUT2D eigenvalue weighted by molar-refractivity contribution is 7.13. The number of hydrogen-bond donors (Lipinski definition) is 5. The molecule has 2 saturated heterocycles. The molecule has 1 unspecified atom stereocenters. The van der Waals surface area contributed by atoms with Gasteiger partial charge in [-0.1, -0.05) is 5.16 Å². The number of cyclic esters (lactones) is 1. The van der Waals surface area contributed by atoms with Gasteiger partial charge in [0.25, 0.3) is 5.91 Å². The number of anilines is 1. The molecule has 188 valence electrons. The second-order valence-electron chi connectivity index (χ2n) is 8.33. The number of nitrogens with two attached hydrogens (primary N) is 1. The fraction of sp³-hybridized carbons (Fsp3) is 0.526. The maximum absolute atomic E-state index is 13.1. The second-order valence-corrected chi connectivity index (χ2v) is 9.22. The van der Waals surface area contributed by atoms with Gasteiger partial charge in [-0.2, -0.15) is 0 Å². The highest BCUT2D eigenvalue weighted by Crippen LogP contribution is 2.40. The van der Waals surface area contributed by atoms with Gasteiger partial charge in [-0.3, -0.25) is 15.0 Å². The lowest BCUT2D eigenvalue weighted by atomic mass is 9.95. The Labute approximate surface area is 202 Å². The Bertz CT molecular complexity index is 1090. The van der Waals surface area contributed by atoms with Gasteiger partial charge in [-0.25, -0.2) is 14.6 Å². The zero-order valence-electron chi connectivity index (χ0n) is 18.6. The number of β-lactam (4-membered cyclic amide) rings is 1. The molecule has 3 heterocycles. The normalized spacial score (nSPS) is 24.9. The fourth-order valence-electron chi connectivity index (χ4n) is 3.72.